The standard InChI is InChI=1S/C13H11BrO4S.C11H7BrO4S/c1-3-19-11-6-10(15)8-4-7(13(16)17-2)5-9(14)12(8)18-11;1-15-11(14)5-2-6-8(13)4-9(17)16-10(6)7(12)3-5/h4-6H,3H2,1-2H3;2-4,17H,1H3. The van der Waals surface area contributed by atoms with E-state index in [-0.39, 0.29) is 21.5 Å². The number of benzene rings is 2. The van der Waals surface area contributed by atoms with Gasteiger partial charge in [-0.2, -0.15) is 0 Å². The first-order chi connectivity index (χ1) is 17.1. The molecule has 0 unspecified atom stereocenters. The summed E-state index contributed by atoms with van der Waals surface area (Å²) < 4.78 is 21.3. The molecule has 0 saturated heterocycles. The molecule has 8 nitrogen and oxygen atoms in total. The third-order valence-corrected chi connectivity index (χ3v) is 6.83. The lowest BCUT2D eigenvalue weighted by atomic mass is 10.1. The van der Waals surface area contributed by atoms with Crippen molar-refractivity contribution in [1.29, 1.82) is 0 Å². The molecular formula is C24H18Br2O8S2. The summed E-state index contributed by atoms with van der Waals surface area (Å²) in [5.74, 6) is -0.192. The number of carbonyl (C=O) groups excluding carboxylic acids is 2. The Labute approximate surface area is 231 Å². The Morgan fingerprint density at radius 1 is 0.833 bits per heavy atom. The zero-order valence-electron chi connectivity index (χ0n) is 19.0. The van der Waals surface area contributed by atoms with Crippen molar-refractivity contribution in [3.05, 3.63) is 76.9 Å². The van der Waals surface area contributed by atoms with Crippen LogP contribution >= 0.6 is 56.3 Å². The van der Waals surface area contributed by atoms with Gasteiger partial charge in [-0.05, 0) is 61.9 Å². The highest BCUT2D eigenvalue weighted by Gasteiger charge is 2.15. The predicted molar refractivity (Wildman–Crippen MR) is 147 cm³/mol. The number of ether oxygens (including phenoxy) is 2. The van der Waals surface area contributed by atoms with E-state index in [2.05, 4.69) is 54.0 Å². The van der Waals surface area contributed by atoms with E-state index in [0.29, 0.717) is 41.5 Å². The fourth-order valence-corrected chi connectivity index (χ4v) is 4.99. The van der Waals surface area contributed by atoms with Crippen LogP contribution < -0.4 is 10.9 Å². The van der Waals surface area contributed by atoms with Crippen LogP contribution in [0.4, 0.5) is 0 Å². The molecule has 0 radical (unpaired) electrons. The van der Waals surface area contributed by atoms with Crippen molar-refractivity contribution in [2.45, 2.75) is 17.1 Å². The number of thiol groups is 1. The van der Waals surface area contributed by atoms with Crippen LogP contribution in [0.3, 0.4) is 0 Å². The van der Waals surface area contributed by atoms with Crippen molar-refractivity contribution in [2.24, 2.45) is 0 Å². The second kappa shape index (κ2) is 12.1. The van der Waals surface area contributed by atoms with E-state index < -0.39 is 11.9 Å². The first-order valence-corrected chi connectivity index (χ1v) is 13.1. The number of fused-ring (bicyclic) bond motifs is 2. The number of methoxy groups -OCH3 is 2. The molecule has 12 heteroatoms. The third kappa shape index (κ3) is 6.23. The van der Waals surface area contributed by atoms with Gasteiger partial charge in [-0.25, -0.2) is 9.59 Å². The molecule has 0 fully saturated rings. The van der Waals surface area contributed by atoms with Gasteiger partial charge in [0.25, 0.3) is 0 Å². The van der Waals surface area contributed by atoms with Crippen LogP contribution in [0.2, 0.25) is 0 Å². The van der Waals surface area contributed by atoms with Gasteiger partial charge < -0.3 is 18.3 Å². The molecule has 0 amide bonds. The van der Waals surface area contributed by atoms with Crippen LogP contribution in [0, 0.1) is 0 Å². The largest absolute Gasteiger partial charge is 0.465 e. The van der Waals surface area contributed by atoms with Crippen molar-refractivity contribution in [1.82, 2.24) is 0 Å². The van der Waals surface area contributed by atoms with Crippen LogP contribution in [-0.2, 0) is 9.47 Å². The summed E-state index contributed by atoms with van der Waals surface area (Å²) in [6.07, 6.45) is 0. The first-order valence-electron chi connectivity index (χ1n) is 10.1. The summed E-state index contributed by atoms with van der Waals surface area (Å²) in [7, 11) is 2.57. The summed E-state index contributed by atoms with van der Waals surface area (Å²) >= 11 is 12.0. The second-order valence-electron chi connectivity index (χ2n) is 6.96. The molecular weight excluding hydrogens is 640 g/mol. The van der Waals surface area contributed by atoms with Crippen LogP contribution in [0.5, 0.6) is 0 Å². The van der Waals surface area contributed by atoms with Gasteiger partial charge in [-0.1, -0.05) is 18.7 Å². The van der Waals surface area contributed by atoms with Gasteiger partial charge in [-0.15, -0.1) is 12.6 Å². The Morgan fingerprint density at radius 3 is 1.78 bits per heavy atom. The minimum absolute atomic E-state index is 0.177. The first kappa shape index (κ1) is 28.0. The lowest BCUT2D eigenvalue weighted by Crippen LogP contribution is -2.05. The Morgan fingerprint density at radius 2 is 1.31 bits per heavy atom. The quantitative estimate of drug-likeness (QED) is 0.158. The molecule has 188 valence electrons. The number of esters is 2. The van der Waals surface area contributed by atoms with Gasteiger partial charge in [0.2, 0.25) is 0 Å². The molecule has 2 aromatic carbocycles. The Bertz CT molecular complexity index is 1590. The van der Waals surface area contributed by atoms with Crippen molar-refractivity contribution < 1.29 is 27.9 Å². The highest BCUT2D eigenvalue weighted by molar-refractivity contribution is 9.11. The monoisotopic (exact) mass is 656 g/mol. The maximum atomic E-state index is 12.0. The molecule has 0 aliphatic rings. The molecule has 2 heterocycles. The minimum Gasteiger partial charge on any atom is -0.465 e. The number of thioether (sulfide) groups is 1. The number of halogens is 2. The van der Waals surface area contributed by atoms with Gasteiger partial charge in [0.15, 0.2) is 32.2 Å². The Hall–Kier alpha value is -2.54. The van der Waals surface area contributed by atoms with E-state index in [4.69, 9.17) is 8.83 Å². The fourth-order valence-electron chi connectivity index (χ4n) is 3.08. The van der Waals surface area contributed by atoms with Crippen molar-refractivity contribution in [3.8, 4) is 0 Å². The van der Waals surface area contributed by atoms with E-state index >= 15 is 0 Å². The number of rotatable bonds is 4. The lowest BCUT2D eigenvalue weighted by Gasteiger charge is -2.05. The maximum absolute atomic E-state index is 12.0. The van der Waals surface area contributed by atoms with Gasteiger partial charge >= 0.3 is 11.9 Å². The van der Waals surface area contributed by atoms with E-state index in [1.165, 1.54) is 56.3 Å². The summed E-state index contributed by atoms with van der Waals surface area (Å²) in [6.45, 7) is 1.98. The SMILES string of the molecule is CCSc1cc(=O)c2cc(C(=O)OC)cc(Br)c2o1.COC(=O)c1cc(Br)c2oc(S)cc(=O)c2c1. The van der Waals surface area contributed by atoms with Crippen LogP contribution in [-0.4, -0.2) is 31.9 Å². The molecule has 2 aromatic heterocycles. The topological polar surface area (TPSA) is 113 Å². The van der Waals surface area contributed by atoms with E-state index in [0.717, 1.165) is 5.75 Å². The van der Waals surface area contributed by atoms with Gasteiger partial charge in [-0.3, -0.25) is 9.59 Å². The van der Waals surface area contributed by atoms with Crippen molar-refractivity contribution in [3.63, 3.8) is 0 Å². The Balaban J connectivity index is 0.000000202. The molecule has 0 atom stereocenters. The summed E-state index contributed by atoms with van der Waals surface area (Å²) in [5.41, 5.74) is 0.953. The molecule has 0 aliphatic heterocycles. The third-order valence-electron chi connectivity index (χ3n) is 4.66. The lowest BCUT2D eigenvalue weighted by molar-refractivity contribution is 0.0592. The Kier molecular flexibility index (Phi) is 9.45. The van der Waals surface area contributed by atoms with Crippen molar-refractivity contribution in [2.75, 3.05) is 20.0 Å². The average Bonchev–Trinajstić information content (AvgIpc) is 2.84. The fraction of sp³-hybridized carbons (Fsp3) is 0.167. The van der Waals surface area contributed by atoms with Crippen LogP contribution in [0.15, 0.2) is 74.0 Å². The van der Waals surface area contributed by atoms with Gasteiger partial charge in [0.05, 0.1) is 45.1 Å². The molecule has 4 rings (SSSR count). The van der Waals surface area contributed by atoms with Crippen molar-refractivity contribution >= 4 is 90.1 Å². The number of hydrogen-bond acceptors (Lipinski definition) is 10. The molecule has 4 aromatic rings. The predicted octanol–water partition coefficient (Wildman–Crippen LogP) is 6.08. The maximum Gasteiger partial charge on any atom is 0.337 e. The molecule has 0 aliphatic carbocycles. The zero-order valence-corrected chi connectivity index (χ0v) is 23.9. The molecule has 0 spiro atoms. The molecule has 0 N–H and O–H groups in total. The van der Waals surface area contributed by atoms with Gasteiger partial charge in [0, 0.05) is 12.1 Å². The summed E-state index contributed by atoms with van der Waals surface area (Å²) in [5, 5.41) is 1.44. The average molecular weight is 658 g/mol. The molecule has 0 saturated carbocycles. The van der Waals surface area contributed by atoms with Crippen LogP contribution in [0.25, 0.3) is 21.9 Å². The summed E-state index contributed by atoms with van der Waals surface area (Å²) in [6, 6.07) is 8.72. The van der Waals surface area contributed by atoms with E-state index in [1.807, 2.05) is 6.92 Å². The van der Waals surface area contributed by atoms with E-state index in [9.17, 15) is 19.2 Å². The van der Waals surface area contributed by atoms with Gasteiger partial charge in [0.1, 0.15) is 0 Å². The highest BCUT2D eigenvalue weighted by atomic mass is 79.9. The minimum atomic E-state index is -0.512. The second-order valence-corrected chi connectivity index (χ2v) is 10.4. The summed E-state index contributed by atoms with van der Waals surface area (Å²) in [4.78, 5) is 46.7. The number of hydrogen-bond donors (Lipinski definition) is 1. The smallest absolute Gasteiger partial charge is 0.337 e. The normalized spacial score (nSPS) is 10.6. The molecule has 36 heavy (non-hydrogen) atoms. The van der Waals surface area contributed by atoms with Crippen LogP contribution in [0.1, 0.15) is 27.6 Å². The zero-order chi connectivity index (χ0) is 26.6. The van der Waals surface area contributed by atoms with E-state index in [1.54, 1.807) is 6.07 Å². The molecule has 0 bridgehead atoms. The number of carbonyl (C=O) groups is 2. The highest BCUT2D eigenvalue weighted by Crippen LogP contribution is 2.28.